The second-order valence-electron chi connectivity index (χ2n) is 3.52. The Morgan fingerprint density at radius 1 is 1.65 bits per heavy atom. The molecule has 0 radical (unpaired) electrons. The van der Waals surface area contributed by atoms with Gasteiger partial charge in [0, 0.05) is 12.4 Å². The maximum absolute atomic E-state index is 10.7. The summed E-state index contributed by atoms with van der Waals surface area (Å²) in [5.74, 6) is 0.577. The molecule has 2 aromatic heterocycles. The zero-order valence-corrected chi connectivity index (χ0v) is 9.99. The van der Waals surface area contributed by atoms with Gasteiger partial charge in [-0.2, -0.15) is 17.7 Å². The van der Waals surface area contributed by atoms with Crippen LogP contribution in [0.3, 0.4) is 0 Å². The Morgan fingerprint density at radius 2 is 2.41 bits per heavy atom. The van der Waals surface area contributed by atoms with Gasteiger partial charge in [0.05, 0.1) is 13.5 Å². The van der Waals surface area contributed by atoms with E-state index in [-0.39, 0.29) is 11.2 Å². The lowest BCUT2D eigenvalue weighted by Gasteiger charge is -2.08. The van der Waals surface area contributed by atoms with Gasteiger partial charge < -0.3 is 10.1 Å². The van der Waals surface area contributed by atoms with Crippen molar-refractivity contribution in [3.05, 3.63) is 40.6 Å². The minimum absolute atomic E-state index is 0.0269. The van der Waals surface area contributed by atoms with E-state index in [0.717, 1.165) is 0 Å². The number of nitro groups is 1. The second kappa shape index (κ2) is 4.58. The number of aromatic nitrogens is 4. The predicted octanol–water partition coefficient (Wildman–Crippen LogP) is 1.20. The summed E-state index contributed by atoms with van der Waals surface area (Å²) in [4.78, 5) is 14.2. The van der Waals surface area contributed by atoms with E-state index in [0.29, 0.717) is 12.2 Å². The number of hydrogen-bond acceptors (Lipinski definition) is 5. The lowest BCUT2D eigenvalue weighted by atomic mass is 10.4. The Kier molecular flexibility index (Phi) is 3.14. The minimum Gasteiger partial charge on any atom is -0.358 e. The minimum atomic E-state index is -0.460. The molecule has 0 fully saturated rings. The lowest BCUT2D eigenvalue weighted by molar-refractivity contribution is -0.391. The van der Waals surface area contributed by atoms with Gasteiger partial charge >= 0.3 is 5.82 Å². The molecule has 0 saturated heterocycles. The monoisotopic (exact) mass is 253 g/mol. The van der Waals surface area contributed by atoms with Crippen molar-refractivity contribution in [2.75, 3.05) is 0 Å². The molecule has 1 unspecified atom stereocenters. The fourth-order valence-electron chi connectivity index (χ4n) is 1.51. The van der Waals surface area contributed by atoms with Gasteiger partial charge in [-0.25, -0.2) is 9.55 Å². The molecule has 0 saturated carbocycles. The van der Waals surface area contributed by atoms with Crippen LogP contribution in [0.4, 0.5) is 5.82 Å². The molecule has 0 bridgehead atoms. The van der Waals surface area contributed by atoms with Crippen LogP contribution < -0.4 is 0 Å². The molecule has 2 aromatic rings. The van der Waals surface area contributed by atoms with Gasteiger partial charge in [-0.05, 0) is 11.0 Å². The first-order chi connectivity index (χ1) is 8.09. The molecule has 0 aliphatic rings. The summed E-state index contributed by atoms with van der Waals surface area (Å²) in [5.41, 5.74) is 0. The number of imidazole rings is 1. The van der Waals surface area contributed by atoms with Crippen molar-refractivity contribution in [2.24, 2.45) is 7.05 Å². The van der Waals surface area contributed by atoms with Gasteiger partial charge in [-0.3, -0.25) is 4.68 Å². The van der Waals surface area contributed by atoms with Crippen molar-refractivity contribution in [1.82, 2.24) is 19.3 Å². The zero-order valence-electron chi connectivity index (χ0n) is 9.09. The van der Waals surface area contributed by atoms with E-state index in [4.69, 9.17) is 0 Å². The van der Waals surface area contributed by atoms with Gasteiger partial charge in [-0.1, -0.05) is 0 Å². The molecular formula is C9H11N5O2S. The molecular weight excluding hydrogens is 242 g/mol. The first-order valence-electron chi connectivity index (χ1n) is 4.91. The number of thiol groups is 1. The van der Waals surface area contributed by atoms with Gasteiger partial charge in [0.25, 0.3) is 0 Å². The van der Waals surface area contributed by atoms with Crippen LogP contribution >= 0.6 is 12.6 Å². The maximum atomic E-state index is 10.7. The van der Waals surface area contributed by atoms with E-state index in [2.05, 4.69) is 22.7 Å². The van der Waals surface area contributed by atoms with Crippen molar-refractivity contribution in [1.29, 1.82) is 0 Å². The van der Waals surface area contributed by atoms with Gasteiger partial charge in [0.15, 0.2) is 5.82 Å². The van der Waals surface area contributed by atoms with E-state index in [1.807, 2.05) is 0 Å². The lowest BCUT2D eigenvalue weighted by Crippen LogP contribution is -2.10. The predicted molar refractivity (Wildman–Crippen MR) is 63.8 cm³/mol. The third-order valence-electron chi connectivity index (χ3n) is 2.44. The van der Waals surface area contributed by atoms with Crippen molar-refractivity contribution >= 4 is 18.4 Å². The highest BCUT2D eigenvalue weighted by atomic mass is 32.1. The largest absolute Gasteiger partial charge is 0.358 e. The molecule has 0 spiro atoms. The fourth-order valence-corrected chi connectivity index (χ4v) is 1.81. The van der Waals surface area contributed by atoms with Crippen LogP contribution in [0.2, 0.25) is 0 Å². The molecule has 2 heterocycles. The number of hydrogen-bond donors (Lipinski definition) is 1. The Morgan fingerprint density at radius 3 is 2.94 bits per heavy atom. The topological polar surface area (TPSA) is 78.8 Å². The van der Waals surface area contributed by atoms with Crippen LogP contribution in [0, 0.1) is 10.1 Å². The summed E-state index contributed by atoms with van der Waals surface area (Å²) in [5, 5.41) is 14.5. The standard InChI is InChI=1S/C9H11N5O2S/c1-12-7(10-6-8(12)14(15)16)5-9(17)13-4-2-3-11-13/h2-4,6,9,17H,5H2,1H3. The maximum Gasteiger partial charge on any atom is 0.342 e. The van der Waals surface area contributed by atoms with E-state index in [9.17, 15) is 10.1 Å². The highest BCUT2D eigenvalue weighted by Crippen LogP contribution is 2.19. The van der Waals surface area contributed by atoms with Crippen LogP contribution in [0.1, 0.15) is 11.2 Å². The van der Waals surface area contributed by atoms with Crippen LogP contribution in [-0.4, -0.2) is 24.3 Å². The first kappa shape index (κ1) is 11.6. The van der Waals surface area contributed by atoms with Gasteiger partial charge in [0.1, 0.15) is 11.6 Å². The Labute approximate surface area is 103 Å². The summed E-state index contributed by atoms with van der Waals surface area (Å²) < 4.78 is 3.12. The average Bonchev–Trinajstić information content (AvgIpc) is 2.89. The summed E-state index contributed by atoms with van der Waals surface area (Å²) in [7, 11) is 1.62. The third-order valence-corrected chi connectivity index (χ3v) is 2.86. The zero-order chi connectivity index (χ0) is 12.4. The van der Waals surface area contributed by atoms with Gasteiger partial charge in [0.2, 0.25) is 0 Å². The van der Waals surface area contributed by atoms with Crippen molar-refractivity contribution in [3.63, 3.8) is 0 Å². The molecule has 8 heteroatoms. The van der Waals surface area contributed by atoms with E-state index in [1.165, 1.54) is 10.8 Å². The van der Waals surface area contributed by atoms with Crippen LogP contribution in [0.25, 0.3) is 0 Å². The molecule has 90 valence electrons. The van der Waals surface area contributed by atoms with Crippen molar-refractivity contribution < 1.29 is 4.92 Å². The average molecular weight is 253 g/mol. The molecule has 7 nitrogen and oxygen atoms in total. The normalized spacial score (nSPS) is 12.6. The molecule has 0 aliphatic carbocycles. The third kappa shape index (κ3) is 2.31. The van der Waals surface area contributed by atoms with Crippen LogP contribution in [0.5, 0.6) is 0 Å². The van der Waals surface area contributed by atoms with Crippen molar-refractivity contribution in [2.45, 2.75) is 11.8 Å². The fraction of sp³-hybridized carbons (Fsp3) is 0.333. The van der Waals surface area contributed by atoms with E-state index in [1.54, 1.807) is 30.2 Å². The highest BCUT2D eigenvalue weighted by Gasteiger charge is 2.19. The molecule has 0 aromatic carbocycles. The van der Waals surface area contributed by atoms with Crippen molar-refractivity contribution in [3.8, 4) is 0 Å². The molecule has 0 aliphatic heterocycles. The molecule has 1 atom stereocenters. The highest BCUT2D eigenvalue weighted by molar-refractivity contribution is 7.80. The van der Waals surface area contributed by atoms with Crippen LogP contribution in [-0.2, 0) is 13.5 Å². The molecule has 0 N–H and O–H groups in total. The number of rotatable bonds is 4. The first-order valence-corrected chi connectivity index (χ1v) is 5.43. The molecule has 2 rings (SSSR count). The Bertz CT molecular complexity index is 521. The molecule has 17 heavy (non-hydrogen) atoms. The second-order valence-corrected chi connectivity index (χ2v) is 4.12. The van der Waals surface area contributed by atoms with Crippen LogP contribution in [0.15, 0.2) is 24.7 Å². The quantitative estimate of drug-likeness (QED) is 0.504. The Balaban J connectivity index is 2.17. The molecule has 0 amide bonds. The summed E-state index contributed by atoms with van der Waals surface area (Å²) in [6.07, 6.45) is 5.16. The van der Waals surface area contributed by atoms with E-state index >= 15 is 0 Å². The summed E-state index contributed by atoms with van der Waals surface area (Å²) in [6.45, 7) is 0. The van der Waals surface area contributed by atoms with Gasteiger partial charge in [-0.15, -0.1) is 0 Å². The number of nitrogens with zero attached hydrogens (tertiary/aromatic N) is 5. The van der Waals surface area contributed by atoms with E-state index < -0.39 is 4.92 Å². The summed E-state index contributed by atoms with van der Waals surface area (Å²) >= 11 is 4.38. The SMILES string of the molecule is Cn1c([N+](=O)[O-])cnc1CC(S)n1cccn1. The summed E-state index contributed by atoms with van der Waals surface area (Å²) in [6, 6.07) is 1.80. The Hall–Kier alpha value is -1.83. The smallest absolute Gasteiger partial charge is 0.342 e.